The standard InChI is InChI=1S/C63H38N4/c1-65-56-33-17-19-35-58(56)66(42-21-4-2-5-22-42)44-36-37-51-52(38-44)45-25-9-11-29-49(45)61-60-50-30-12-10-28-48(50)59(67(43-23-6-3-7-24-43)57-34-18-8-20-41(57)40-64)39-55(60)63(62(51)61)53-31-15-13-26-46(53)47-27-14-16-32-54(47)63/h2-39H. The SMILES string of the molecule is [C-]#[N+]c1ccccc1N(c1ccccc1)c1ccc2c3c(c4ccccc4c2c1)-c1c(cc(N(c2ccccc2)c2ccccc2C#N)c2ccccc12)C31c2ccccc2-c2ccccc21. The van der Waals surface area contributed by atoms with Crippen molar-refractivity contribution in [2.45, 2.75) is 5.41 Å². The van der Waals surface area contributed by atoms with Crippen LogP contribution in [0, 0.1) is 17.9 Å². The zero-order chi connectivity index (χ0) is 44.6. The molecular weight excluding hydrogens is 813 g/mol. The number of nitrogens with zero attached hydrogens (tertiary/aromatic N) is 4. The van der Waals surface area contributed by atoms with Crippen molar-refractivity contribution in [1.82, 2.24) is 0 Å². The Balaban J connectivity index is 1.20. The van der Waals surface area contributed by atoms with Gasteiger partial charge in [-0.1, -0.05) is 170 Å². The molecule has 0 bridgehead atoms. The van der Waals surface area contributed by atoms with E-state index < -0.39 is 5.41 Å². The van der Waals surface area contributed by atoms with Crippen LogP contribution in [0.15, 0.2) is 231 Å². The minimum Gasteiger partial charge on any atom is -0.320 e. The molecule has 0 saturated heterocycles. The van der Waals surface area contributed by atoms with Crippen LogP contribution in [0.3, 0.4) is 0 Å². The second kappa shape index (κ2) is 14.9. The third-order valence-corrected chi connectivity index (χ3v) is 14.0. The van der Waals surface area contributed by atoms with E-state index in [4.69, 9.17) is 6.57 Å². The molecule has 0 heterocycles. The molecule has 67 heavy (non-hydrogen) atoms. The maximum atomic E-state index is 10.7. The number of anilines is 6. The van der Waals surface area contributed by atoms with Gasteiger partial charge in [-0.15, -0.1) is 0 Å². The van der Waals surface area contributed by atoms with Crippen LogP contribution >= 0.6 is 0 Å². The Bertz CT molecular complexity index is 3870. The topological polar surface area (TPSA) is 34.6 Å². The molecule has 0 unspecified atom stereocenters. The largest absolute Gasteiger partial charge is 0.320 e. The van der Waals surface area contributed by atoms with Crippen LogP contribution < -0.4 is 9.80 Å². The number of hydrogen-bond acceptors (Lipinski definition) is 3. The lowest BCUT2D eigenvalue weighted by Gasteiger charge is -2.34. The number of benzene rings is 11. The van der Waals surface area contributed by atoms with E-state index in [0.29, 0.717) is 11.3 Å². The van der Waals surface area contributed by atoms with Gasteiger partial charge in [-0.2, -0.15) is 5.26 Å². The molecule has 0 aromatic heterocycles. The van der Waals surface area contributed by atoms with Crippen LogP contribution in [0.25, 0.3) is 59.4 Å². The molecule has 0 radical (unpaired) electrons. The van der Waals surface area contributed by atoms with Gasteiger partial charge in [-0.25, -0.2) is 4.85 Å². The first-order valence-corrected chi connectivity index (χ1v) is 22.6. The molecule has 310 valence electrons. The van der Waals surface area contributed by atoms with Crippen molar-refractivity contribution in [2.75, 3.05) is 9.80 Å². The van der Waals surface area contributed by atoms with Gasteiger partial charge in [0.05, 0.1) is 34.6 Å². The highest BCUT2D eigenvalue weighted by Crippen LogP contribution is 2.67. The Morgan fingerprint density at radius 2 is 0.925 bits per heavy atom. The molecule has 4 heteroatoms. The lowest BCUT2D eigenvalue weighted by molar-refractivity contribution is 0.802. The van der Waals surface area contributed by atoms with Crippen molar-refractivity contribution in [3.05, 3.63) is 270 Å². The first kappa shape index (κ1) is 38.3. The van der Waals surface area contributed by atoms with E-state index in [9.17, 15) is 5.26 Å². The molecule has 0 amide bonds. The van der Waals surface area contributed by atoms with E-state index in [2.05, 4.69) is 197 Å². The molecule has 2 aliphatic carbocycles. The summed E-state index contributed by atoms with van der Waals surface area (Å²) < 4.78 is 0. The zero-order valence-electron chi connectivity index (χ0n) is 36.2. The van der Waals surface area contributed by atoms with Gasteiger partial charge in [-0.3, -0.25) is 0 Å². The maximum Gasteiger partial charge on any atom is 0.210 e. The second-order valence-corrected chi connectivity index (χ2v) is 17.3. The highest BCUT2D eigenvalue weighted by molar-refractivity contribution is 6.24. The fourth-order valence-corrected chi connectivity index (χ4v) is 11.5. The summed E-state index contributed by atoms with van der Waals surface area (Å²) in [5.41, 5.74) is 15.9. The third-order valence-electron chi connectivity index (χ3n) is 14.0. The number of fused-ring (bicyclic) bond motifs is 17. The van der Waals surface area contributed by atoms with Crippen molar-refractivity contribution < 1.29 is 0 Å². The van der Waals surface area contributed by atoms with E-state index >= 15 is 0 Å². The Morgan fingerprint density at radius 3 is 1.60 bits per heavy atom. The van der Waals surface area contributed by atoms with E-state index in [-0.39, 0.29) is 0 Å². The molecule has 4 nitrogen and oxygen atoms in total. The van der Waals surface area contributed by atoms with Crippen LogP contribution in [0.4, 0.5) is 39.8 Å². The highest BCUT2D eigenvalue weighted by Gasteiger charge is 2.54. The van der Waals surface area contributed by atoms with Crippen molar-refractivity contribution in [3.8, 4) is 28.3 Å². The average Bonchev–Trinajstić information content (AvgIpc) is 3.88. The van der Waals surface area contributed by atoms with E-state index in [0.717, 1.165) is 55.7 Å². The number of hydrogen-bond donors (Lipinski definition) is 0. The lowest BCUT2D eigenvalue weighted by atomic mass is 9.69. The molecule has 0 atom stereocenters. The van der Waals surface area contributed by atoms with E-state index in [1.165, 1.54) is 55.3 Å². The number of nitriles is 1. The van der Waals surface area contributed by atoms with Crippen LogP contribution in [0.5, 0.6) is 0 Å². The van der Waals surface area contributed by atoms with Crippen LogP contribution in [-0.4, -0.2) is 0 Å². The zero-order valence-corrected chi connectivity index (χ0v) is 36.2. The van der Waals surface area contributed by atoms with Gasteiger partial charge >= 0.3 is 0 Å². The fourth-order valence-electron chi connectivity index (χ4n) is 11.5. The first-order chi connectivity index (χ1) is 33.2. The first-order valence-electron chi connectivity index (χ1n) is 22.6. The highest BCUT2D eigenvalue weighted by atomic mass is 15.2. The molecular formula is C63H38N4. The smallest absolute Gasteiger partial charge is 0.210 e. The van der Waals surface area contributed by atoms with Crippen LogP contribution in [0.1, 0.15) is 27.8 Å². The molecule has 0 aliphatic heterocycles. The van der Waals surface area contributed by atoms with E-state index in [1.54, 1.807) is 0 Å². The van der Waals surface area contributed by atoms with Crippen molar-refractivity contribution in [3.63, 3.8) is 0 Å². The van der Waals surface area contributed by atoms with Crippen molar-refractivity contribution in [1.29, 1.82) is 5.26 Å². The lowest BCUT2D eigenvalue weighted by Crippen LogP contribution is -2.26. The van der Waals surface area contributed by atoms with Gasteiger partial charge in [0.2, 0.25) is 5.69 Å². The molecule has 11 aromatic rings. The Morgan fingerprint density at radius 1 is 0.388 bits per heavy atom. The summed E-state index contributed by atoms with van der Waals surface area (Å²) in [5.74, 6) is 0. The fraction of sp³-hybridized carbons (Fsp3) is 0.0159. The molecule has 0 saturated carbocycles. The van der Waals surface area contributed by atoms with Gasteiger partial charge in [0.1, 0.15) is 6.07 Å². The molecule has 2 aliphatic rings. The number of rotatable bonds is 6. The van der Waals surface area contributed by atoms with Gasteiger partial charge in [0.25, 0.3) is 0 Å². The Hall–Kier alpha value is -9.22. The Labute approximate surface area is 388 Å². The number of para-hydroxylation sites is 5. The Kier molecular flexibility index (Phi) is 8.52. The van der Waals surface area contributed by atoms with Crippen LogP contribution in [0.2, 0.25) is 0 Å². The minimum atomic E-state index is -0.729. The van der Waals surface area contributed by atoms with Gasteiger partial charge < -0.3 is 9.80 Å². The predicted molar refractivity (Wildman–Crippen MR) is 276 cm³/mol. The molecule has 11 aromatic carbocycles. The van der Waals surface area contributed by atoms with Gasteiger partial charge in [0, 0.05) is 22.4 Å². The summed E-state index contributed by atoms with van der Waals surface area (Å²) in [5, 5.41) is 17.6. The van der Waals surface area contributed by atoms with E-state index in [1.807, 2.05) is 54.6 Å². The maximum absolute atomic E-state index is 10.7. The van der Waals surface area contributed by atoms with Crippen molar-refractivity contribution in [2.24, 2.45) is 0 Å². The monoisotopic (exact) mass is 850 g/mol. The molecule has 13 rings (SSSR count). The summed E-state index contributed by atoms with van der Waals surface area (Å²) in [6.45, 7) is 8.20. The molecule has 0 fully saturated rings. The summed E-state index contributed by atoms with van der Waals surface area (Å²) in [6, 6.07) is 84.2. The van der Waals surface area contributed by atoms with Crippen molar-refractivity contribution >= 4 is 72.1 Å². The van der Waals surface area contributed by atoms with Gasteiger partial charge in [0.15, 0.2) is 0 Å². The predicted octanol–water partition coefficient (Wildman–Crippen LogP) is 16.9. The quantitative estimate of drug-likeness (QED) is 0.123. The molecule has 0 N–H and O–H groups in total. The van der Waals surface area contributed by atoms with Crippen LogP contribution in [-0.2, 0) is 5.41 Å². The average molecular weight is 851 g/mol. The summed E-state index contributed by atoms with van der Waals surface area (Å²) in [7, 11) is 0. The summed E-state index contributed by atoms with van der Waals surface area (Å²) in [6.07, 6.45) is 0. The summed E-state index contributed by atoms with van der Waals surface area (Å²) >= 11 is 0. The molecule has 1 spiro atoms. The second-order valence-electron chi connectivity index (χ2n) is 17.3. The third kappa shape index (κ3) is 5.39. The summed E-state index contributed by atoms with van der Waals surface area (Å²) in [4.78, 5) is 8.50. The van der Waals surface area contributed by atoms with Gasteiger partial charge in [-0.05, 0) is 132 Å². The minimum absolute atomic E-state index is 0.587. The normalized spacial score (nSPS) is 12.6.